The van der Waals surface area contributed by atoms with Crippen LogP contribution in [0, 0.1) is 16.7 Å². The van der Waals surface area contributed by atoms with Gasteiger partial charge in [0, 0.05) is 16.6 Å². The molecule has 0 N–H and O–H groups in total. The number of halogens is 2. The molecule has 2 unspecified atom stereocenters. The number of allylic oxidation sites excluding steroid dienone is 1. The minimum atomic E-state index is -1.43. The minimum absolute atomic E-state index is 0.214. The molecule has 27 heavy (non-hydrogen) atoms. The summed E-state index contributed by atoms with van der Waals surface area (Å²) >= 11 is 12.7. The molecule has 1 heterocycles. The summed E-state index contributed by atoms with van der Waals surface area (Å²) in [5, 5.41) is 4.92. The van der Waals surface area contributed by atoms with Crippen LogP contribution in [0.4, 0.5) is 0 Å². The Hall–Kier alpha value is -1.65. The summed E-state index contributed by atoms with van der Waals surface area (Å²) in [6, 6.07) is 5.06. The average Bonchev–Trinajstić information content (AvgIpc) is 2.92. The highest BCUT2D eigenvalue weighted by molar-refractivity contribution is 6.42. The van der Waals surface area contributed by atoms with Crippen LogP contribution in [0.3, 0.4) is 0 Å². The molecule has 0 aromatic heterocycles. The van der Waals surface area contributed by atoms with E-state index in [0.29, 0.717) is 26.9 Å². The predicted octanol–water partition coefficient (Wildman–Crippen LogP) is 5.25. The highest BCUT2D eigenvalue weighted by Crippen LogP contribution is 2.52. The number of hydrogen-bond acceptors (Lipinski definition) is 4. The molecule has 0 saturated carbocycles. The van der Waals surface area contributed by atoms with Gasteiger partial charge < -0.3 is 4.84 Å². The first-order chi connectivity index (χ1) is 12.3. The fraction of sp³-hybridized carbons (Fsp3) is 0.476. The summed E-state index contributed by atoms with van der Waals surface area (Å²) in [5.74, 6) is -1.33. The number of carbonyl (C=O) groups excluding carboxylic acids is 2. The van der Waals surface area contributed by atoms with Crippen LogP contribution < -0.4 is 0 Å². The smallest absolute Gasteiger partial charge is 0.219 e. The van der Waals surface area contributed by atoms with Crippen LogP contribution >= 0.6 is 23.2 Å². The number of hydrogen-bond donors (Lipinski definition) is 0. The predicted molar refractivity (Wildman–Crippen MR) is 107 cm³/mol. The Balaban J connectivity index is 2.27. The van der Waals surface area contributed by atoms with Crippen LogP contribution in [-0.2, 0) is 14.4 Å². The average molecular weight is 408 g/mol. The SMILES string of the molecule is CC(C)(C)C1=CC(=O)C2C(c3c(Cl)cccc3Cl)=NOC2(C(C)(C)C)C1=O. The van der Waals surface area contributed by atoms with Crippen molar-refractivity contribution in [3.8, 4) is 0 Å². The fourth-order valence-corrected chi connectivity index (χ4v) is 4.41. The molecule has 1 aliphatic heterocycles. The van der Waals surface area contributed by atoms with Crippen LogP contribution in [-0.4, -0.2) is 22.9 Å². The van der Waals surface area contributed by atoms with E-state index in [2.05, 4.69) is 5.16 Å². The second kappa shape index (κ2) is 6.18. The molecule has 0 saturated heterocycles. The molecule has 1 aromatic rings. The van der Waals surface area contributed by atoms with Crippen LogP contribution in [0.2, 0.25) is 10.0 Å². The highest BCUT2D eigenvalue weighted by Gasteiger charge is 2.67. The summed E-state index contributed by atoms with van der Waals surface area (Å²) in [5.41, 5.74) is -1.42. The van der Waals surface area contributed by atoms with Crippen molar-refractivity contribution < 1.29 is 14.4 Å². The quantitative estimate of drug-likeness (QED) is 0.638. The van der Waals surface area contributed by atoms with E-state index in [-0.39, 0.29) is 11.6 Å². The van der Waals surface area contributed by atoms with Gasteiger partial charge in [-0.2, -0.15) is 0 Å². The van der Waals surface area contributed by atoms with Crippen molar-refractivity contribution in [3.63, 3.8) is 0 Å². The number of benzene rings is 1. The highest BCUT2D eigenvalue weighted by atomic mass is 35.5. The van der Waals surface area contributed by atoms with E-state index in [1.807, 2.05) is 41.5 Å². The third-order valence-electron chi connectivity index (χ3n) is 5.26. The lowest BCUT2D eigenvalue weighted by Crippen LogP contribution is -2.61. The zero-order valence-corrected chi connectivity index (χ0v) is 17.8. The van der Waals surface area contributed by atoms with E-state index in [1.54, 1.807) is 18.2 Å². The third kappa shape index (κ3) is 2.85. The van der Waals surface area contributed by atoms with Gasteiger partial charge in [-0.05, 0) is 23.6 Å². The van der Waals surface area contributed by atoms with Crippen LogP contribution in [0.15, 0.2) is 35.0 Å². The first-order valence-corrected chi connectivity index (χ1v) is 9.59. The topological polar surface area (TPSA) is 55.7 Å². The molecule has 3 rings (SSSR count). The van der Waals surface area contributed by atoms with Gasteiger partial charge in [-0.1, -0.05) is 76.0 Å². The largest absolute Gasteiger partial charge is 0.379 e. The van der Waals surface area contributed by atoms with Crippen molar-refractivity contribution in [2.45, 2.75) is 47.1 Å². The maximum Gasteiger partial charge on any atom is 0.219 e. The van der Waals surface area contributed by atoms with Crippen molar-refractivity contribution in [3.05, 3.63) is 45.5 Å². The lowest BCUT2D eigenvalue weighted by molar-refractivity contribution is -0.166. The molecular formula is C21H23Cl2NO3. The van der Waals surface area contributed by atoms with E-state index in [4.69, 9.17) is 28.0 Å². The summed E-state index contributed by atoms with van der Waals surface area (Å²) in [7, 11) is 0. The molecular weight excluding hydrogens is 385 g/mol. The molecule has 6 heteroatoms. The summed E-state index contributed by atoms with van der Waals surface area (Å²) in [6.45, 7) is 11.4. The number of carbonyl (C=O) groups is 2. The third-order valence-corrected chi connectivity index (χ3v) is 5.89. The summed E-state index contributed by atoms with van der Waals surface area (Å²) < 4.78 is 0. The van der Waals surface area contributed by atoms with E-state index in [1.165, 1.54) is 6.08 Å². The number of nitrogens with zero attached hydrogens (tertiary/aromatic N) is 1. The molecule has 2 aliphatic rings. The molecule has 0 fully saturated rings. The first kappa shape index (κ1) is 20.1. The van der Waals surface area contributed by atoms with Gasteiger partial charge in [0.05, 0.1) is 10.0 Å². The molecule has 4 nitrogen and oxygen atoms in total. The Morgan fingerprint density at radius 2 is 1.59 bits per heavy atom. The van der Waals surface area contributed by atoms with Gasteiger partial charge in [-0.15, -0.1) is 0 Å². The van der Waals surface area contributed by atoms with Crippen LogP contribution in [0.5, 0.6) is 0 Å². The maximum atomic E-state index is 13.6. The zero-order chi connectivity index (χ0) is 20.4. The number of ketones is 2. The van der Waals surface area contributed by atoms with Crippen LogP contribution in [0.25, 0.3) is 0 Å². The van der Waals surface area contributed by atoms with Gasteiger partial charge in [0.25, 0.3) is 0 Å². The summed E-state index contributed by atoms with van der Waals surface area (Å²) in [6.07, 6.45) is 1.44. The second-order valence-electron chi connectivity index (χ2n) is 9.12. The molecule has 0 amide bonds. The van der Waals surface area contributed by atoms with Gasteiger partial charge in [-0.25, -0.2) is 0 Å². The van der Waals surface area contributed by atoms with Gasteiger partial charge >= 0.3 is 0 Å². The normalized spacial score (nSPS) is 25.7. The standard InChI is InChI=1S/C21H23Cl2NO3/c1-19(2,3)11-10-14(25)16-17(15-12(22)8-7-9-13(15)23)24-27-21(16,18(11)26)20(4,5)6/h7-10,16H,1-6H3. The van der Waals surface area contributed by atoms with E-state index in [0.717, 1.165) is 0 Å². The second-order valence-corrected chi connectivity index (χ2v) is 9.94. The Morgan fingerprint density at radius 3 is 2.07 bits per heavy atom. The van der Waals surface area contributed by atoms with Crippen molar-refractivity contribution in [2.24, 2.45) is 21.9 Å². The molecule has 1 aliphatic carbocycles. The Bertz CT molecular complexity index is 883. The molecule has 144 valence electrons. The fourth-order valence-electron chi connectivity index (χ4n) is 3.82. The van der Waals surface area contributed by atoms with E-state index < -0.39 is 22.3 Å². The van der Waals surface area contributed by atoms with Crippen molar-refractivity contribution in [2.75, 3.05) is 0 Å². The molecule has 0 radical (unpaired) electrons. The molecule has 1 aromatic carbocycles. The Labute approximate surface area is 169 Å². The summed E-state index contributed by atoms with van der Waals surface area (Å²) in [4.78, 5) is 32.7. The minimum Gasteiger partial charge on any atom is -0.379 e. The maximum absolute atomic E-state index is 13.6. The van der Waals surface area contributed by atoms with Crippen LogP contribution in [0.1, 0.15) is 47.1 Å². The van der Waals surface area contributed by atoms with Gasteiger partial charge in [0.1, 0.15) is 11.6 Å². The number of Topliss-reactive ketones (excluding diaryl/α,β-unsaturated/α-hetero) is 1. The zero-order valence-electron chi connectivity index (χ0n) is 16.3. The molecule has 2 atom stereocenters. The number of rotatable bonds is 1. The lowest BCUT2D eigenvalue weighted by Gasteiger charge is -2.45. The Kier molecular flexibility index (Phi) is 4.60. The number of fused-ring (bicyclic) bond motifs is 1. The molecule has 0 bridgehead atoms. The lowest BCUT2D eigenvalue weighted by atomic mass is 9.58. The molecule has 0 spiro atoms. The van der Waals surface area contributed by atoms with Gasteiger partial charge in [-0.3, -0.25) is 9.59 Å². The van der Waals surface area contributed by atoms with Crippen molar-refractivity contribution in [1.29, 1.82) is 0 Å². The number of oxime groups is 1. The van der Waals surface area contributed by atoms with Crippen molar-refractivity contribution >= 4 is 40.5 Å². The Morgan fingerprint density at radius 1 is 1.04 bits per heavy atom. The first-order valence-electron chi connectivity index (χ1n) is 8.83. The van der Waals surface area contributed by atoms with Gasteiger partial charge in [0.15, 0.2) is 5.78 Å². The monoisotopic (exact) mass is 407 g/mol. The van der Waals surface area contributed by atoms with Crippen molar-refractivity contribution in [1.82, 2.24) is 0 Å². The van der Waals surface area contributed by atoms with Gasteiger partial charge in [0.2, 0.25) is 11.4 Å². The van der Waals surface area contributed by atoms with E-state index >= 15 is 0 Å². The van der Waals surface area contributed by atoms with E-state index in [9.17, 15) is 9.59 Å².